The standard InChI is InChI=1S/C26H31N5O7S2/c1-17(25(33)34)31(19-6-8-20(9-7-19)38-26(35)29-13-15-39-16-14-29)24(32)22-3-2-12-30(22)40(36,37)21-10-4-18(5-11-21)23(27)28/h4-11,17,22H,2-3,12-16H2,1H3,(H3,27,28)(H,33,34)/t17-,22-/m0/s1. The molecule has 0 unspecified atom stereocenters. The number of nitrogens with two attached hydrogens (primary N) is 1. The van der Waals surface area contributed by atoms with Crippen LogP contribution in [0.15, 0.2) is 53.4 Å². The number of anilines is 1. The molecule has 214 valence electrons. The van der Waals surface area contributed by atoms with Crippen molar-refractivity contribution < 1.29 is 32.6 Å². The third-order valence-corrected chi connectivity index (χ3v) is 9.70. The molecular formula is C26H31N5O7S2. The first-order valence-corrected chi connectivity index (χ1v) is 15.3. The van der Waals surface area contributed by atoms with Gasteiger partial charge in [0.15, 0.2) is 0 Å². The molecule has 2 aromatic rings. The Balaban J connectivity index is 1.57. The average Bonchev–Trinajstić information content (AvgIpc) is 3.45. The van der Waals surface area contributed by atoms with E-state index in [9.17, 15) is 27.9 Å². The lowest BCUT2D eigenvalue weighted by Gasteiger charge is -2.32. The minimum Gasteiger partial charge on any atom is -0.480 e. The molecule has 2 aliphatic heterocycles. The maximum Gasteiger partial charge on any atom is 0.415 e. The third-order valence-electron chi connectivity index (χ3n) is 6.83. The largest absolute Gasteiger partial charge is 0.480 e. The van der Waals surface area contributed by atoms with Gasteiger partial charge in [0.1, 0.15) is 23.7 Å². The van der Waals surface area contributed by atoms with Crippen LogP contribution in [-0.4, -0.2) is 89.8 Å². The molecule has 2 heterocycles. The number of hydrogen-bond donors (Lipinski definition) is 3. The molecule has 2 saturated heterocycles. The average molecular weight is 590 g/mol. The maximum atomic E-state index is 13.8. The SMILES string of the molecule is C[C@@H](C(=O)O)N(C(=O)[C@@H]1CCCN1S(=O)(=O)c1ccc(C(=N)N)cc1)c1ccc(OC(=O)N2CCSCC2)cc1. The number of thioether (sulfide) groups is 1. The number of carboxylic acids is 1. The number of carbonyl (C=O) groups is 3. The van der Waals surface area contributed by atoms with Gasteiger partial charge < -0.3 is 20.5 Å². The smallest absolute Gasteiger partial charge is 0.415 e. The minimum atomic E-state index is -4.10. The summed E-state index contributed by atoms with van der Waals surface area (Å²) < 4.78 is 33.5. The van der Waals surface area contributed by atoms with Crippen molar-refractivity contribution in [3.8, 4) is 5.75 Å². The number of nitrogen functional groups attached to an aromatic ring is 1. The molecule has 0 radical (unpaired) electrons. The van der Waals surface area contributed by atoms with Crippen LogP contribution in [0.1, 0.15) is 25.3 Å². The first-order chi connectivity index (χ1) is 19.0. The zero-order valence-electron chi connectivity index (χ0n) is 21.9. The Morgan fingerprint density at radius 2 is 1.70 bits per heavy atom. The van der Waals surface area contributed by atoms with Crippen LogP contribution >= 0.6 is 11.8 Å². The first-order valence-electron chi connectivity index (χ1n) is 12.7. The predicted octanol–water partition coefficient (Wildman–Crippen LogP) is 2.18. The van der Waals surface area contributed by atoms with Gasteiger partial charge in [-0.15, -0.1) is 0 Å². The molecule has 2 amide bonds. The highest BCUT2D eigenvalue weighted by molar-refractivity contribution is 7.99. The number of amidine groups is 1. The van der Waals surface area contributed by atoms with Gasteiger partial charge in [0, 0.05) is 42.4 Å². The van der Waals surface area contributed by atoms with Crippen molar-refractivity contribution in [3.63, 3.8) is 0 Å². The highest BCUT2D eigenvalue weighted by Crippen LogP contribution is 2.31. The number of carboxylic acid groups (broad SMARTS) is 1. The van der Waals surface area contributed by atoms with E-state index in [1.54, 1.807) is 16.7 Å². The van der Waals surface area contributed by atoms with E-state index in [1.165, 1.54) is 55.5 Å². The maximum absolute atomic E-state index is 13.8. The van der Waals surface area contributed by atoms with Crippen molar-refractivity contribution in [3.05, 3.63) is 54.1 Å². The van der Waals surface area contributed by atoms with Gasteiger partial charge in [-0.25, -0.2) is 18.0 Å². The molecule has 0 aromatic heterocycles. The normalized spacial score (nSPS) is 18.6. The van der Waals surface area contributed by atoms with Crippen LogP contribution in [0.25, 0.3) is 0 Å². The van der Waals surface area contributed by atoms with Crippen LogP contribution in [0.4, 0.5) is 10.5 Å². The van der Waals surface area contributed by atoms with Gasteiger partial charge in [0.05, 0.1) is 4.90 Å². The van der Waals surface area contributed by atoms with Gasteiger partial charge >= 0.3 is 12.1 Å². The second-order valence-electron chi connectivity index (χ2n) is 9.40. The minimum absolute atomic E-state index is 0.0616. The zero-order valence-corrected chi connectivity index (χ0v) is 23.5. The van der Waals surface area contributed by atoms with Crippen LogP contribution in [0.3, 0.4) is 0 Å². The highest BCUT2D eigenvalue weighted by atomic mass is 32.2. The topological polar surface area (TPSA) is 174 Å². The number of nitrogens with zero attached hydrogens (tertiary/aromatic N) is 3. The Bertz CT molecular complexity index is 1380. The van der Waals surface area contributed by atoms with E-state index in [1.807, 2.05) is 0 Å². The Labute approximate surface area is 236 Å². The Morgan fingerprint density at radius 3 is 2.27 bits per heavy atom. The summed E-state index contributed by atoms with van der Waals surface area (Å²) in [5, 5.41) is 17.3. The summed E-state index contributed by atoms with van der Waals surface area (Å²) in [4.78, 5) is 40.8. The number of ether oxygens (including phenoxy) is 1. The Hall–Kier alpha value is -3.62. The number of rotatable bonds is 8. The van der Waals surface area contributed by atoms with Crippen molar-refractivity contribution in [2.75, 3.05) is 36.0 Å². The predicted molar refractivity (Wildman–Crippen MR) is 150 cm³/mol. The number of hydrogen-bond acceptors (Lipinski definition) is 8. The first kappa shape index (κ1) is 29.4. The van der Waals surface area contributed by atoms with E-state index >= 15 is 0 Å². The molecule has 14 heteroatoms. The lowest BCUT2D eigenvalue weighted by atomic mass is 10.1. The molecule has 4 N–H and O–H groups in total. The van der Waals surface area contributed by atoms with Crippen molar-refractivity contribution >= 4 is 51.3 Å². The summed E-state index contributed by atoms with van der Waals surface area (Å²) in [6, 6.07) is 8.96. The van der Waals surface area contributed by atoms with Crippen LogP contribution in [0.5, 0.6) is 5.75 Å². The lowest BCUT2D eigenvalue weighted by Crippen LogP contribution is -2.52. The van der Waals surface area contributed by atoms with Crippen molar-refractivity contribution in [2.45, 2.75) is 36.7 Å². The van der Waals surface area contributed by atoms with Gasteiger partial charge in [0.2, 0.25) is 15.9 Å². The van der Waals surface area contributed by atoms with E-state index in [0.29, 0.717) is 25.1 Å². The summed E-state index contributed by atoms with van der Waals surface area (Å²) in [7, 11) is -4.10. The molecule has 4 rings (SSSR count). The molecule has 0 aliphatic carbocycles. The fraction of sp³-hybridized carbons (Fsp3) is 0.385. The summed E-state index contributed by atoms with van der Waals surface area (Å²) in [6.45, 7) is 2.60. The number of nitrogens with one attached hydrogen (secondary N) is 1. The molecule has 40 heavy (non-hydrogen) atoms. The van der Waals surface area contributed by atoms with Gasteiger partial charge in [-0.3, -0.25) is 15.1 Å². The van der Waals surface area contributed by atoms with Gasteiger partial charge in [-0.1, -0.05) is 0 Å². The molecule has 2 aliphatic rings. The van der Waals surface area contributed by atoms with Crippen LogP contribution in [0.2, 0.25) is 0 Å². The molecular weight excluding hydrogens is 558 g/mol. The van der Waals surface area contributed by atoms with Crippen LogP contribution in [0, 0.1) is 5.41 Å². The Morgan fingerprint density at radius 1 is 1.07 bits per heavy atom. The van der Waals surface area contributed by atoms with Crippen LogP contribution in [-0.2, 0) is 19.6 Å². The lowest BCUT2D eigenvalue weighted by molar-refractivity contribution is -0.140. The number of amides is 2. The van der Waals surface area contributed by atoms with E-state index in [-0.39, 0.29) is 35.1 Å². The zero-order chi connectivity index (χ0) is 29.0. The van der Waals surface area contributed by atoms with Gasteiger partial charge in [-0.05, 0) is 68.3 Å². The van der Waals surface area contributed by atoms with Crippen LogP contribution < -0.4 is 15.4 Å². The number of aliphatic carboxylic acids is 1. The molecule has 2 fully saturated rings. The molecule has 2 atom stereocenters. The quantitative estimate of drug-likeness (QED) is 0.308. The second kappa shape index (κ2) is 12.3. The number of sulfonamides is 1. The molecule has 0 bridgehead atoms. The van der Waals surface area contributed by atoms with E-state index in [4.69, 9.17) is 15.9 Å². The Kier molecular flexibility index (Phi) is 9.01. The molecule has 0 spiro atoms. The van der Waals surface area contributed by atoms with E-state index < -0.39 is 40.1 Å². The van der Waals surface area contributed by atoms with Crippen molar-refractivity contribution in [1.82, 2.24) is 9.21 Å². The summed E-state index contributed by atoms with van der Waals surface area (Å²) in [5.74, 6) is -0.249. The summed E-state index contributed by atoms with van der Waals surface area (Å²) in [6.07, 6.45) is 0.152. The molecule has 2 aromatic carbocycles. The van der Waals surface area contributed by atoms with E-state index in [0.717, 1.165) is 20.7 Å². The van der Waals surface area contributed by atoms with Gasteiger partial charge in [0.25, 0.3) is 0 Å². The summed E-state index contributed by atoms with van der Waals surface area (Å²) >= 11 is 1.76. The second-order valence-corrected chi connectivity index (χ2v) is 12.5. The summed E-state index contributed by atoms with van der Waals surface area (Å²) in [5.41, 5.74) is 6.05. The van der Waals surface area contributed by atoms with E-state index in [2.05, 4.69) is 0 Å². The third kappa shape index (κ3) is 6.24. The number of benzene rings is 2. The highest BCUT2D eigenvalue weighted by Gasteiger charge is 2.43. The monoisotopic (exact) mass is 589 g/mol. The number of carbonyl (C=O) groups excluding carboxylic acids is 2. The van der Waals surface area contributed by atoms with Crippen molar-refractivity contribution in [2.24, 2.45) is 5.73 Å². The van der Waals surface area contributed by atoms with Gasteiger partial charge in [-0.2, -0.15) is 16.1 Å². The van der Waals surface area contributed by atoms with Crippen molar-refractivity contribution in [1.29, 1.82) is 5.41 Å². The molecule has 12 nitrogen and oxygen atoms in total. The fourth-order valence-electron chi connectivity index (χ4n) is 4.62. The fourth-order valence-corrected chi connectivity index (χ4v) is 7.17. The molecule has 0 saturated carbocycles.